The summed E-state index contributed by atoms with van der Waals surface area (Å²) in [6, 6.07) is 10.1. The summed E-state index contributed by atoms with van der Waals surface area (Å²) in [5, 5.41) is 0.887. The van der Waals surface area contributed by atoms with Crippen LogP contribution in [0.5, 0.6) is 0 Å². The molecule has 0 saturated heterocycles. The Balaban J connectivity index is 1.88. The second-order valence-corrected chi connectivity index (χ2v) is 6.20. The van der Waals surface area contributed by atoms with Crippen LogP contribution in [0.1, 0.15) is 0 Å². The highest BCUT2D eigenvalue weighted by Crippen LogP contribution is 2.35. The molecule has 120 valence electrons. The number of hydrogen-bond acceptors (Lipinski definition) is 6. The number of methoxy groups -OCH3 is 1. The highest BCUT2D eigenvalue weighted by molar-refractivity contribution is 7.21. The largest absolute Gasteiger partial charge is 0.383 e. The van der Waals surface area contributed by atoms with E-state index in [4.69, 9.17) is 9.72 Å². The predicted octanol–water partition coefficient (Wildman–Crippen LogP) is 3.26. The van der Waals surface area contributed by atoms with Crippen molar-refractivity contribution in [2.45, 2.75) is 6.54 Å². The Morgan fingerprint density at radius 1 is 1.17 bits per heavy atom. The first kappa shape index (κ1) is 14.9. The summed E-state index contributed by atoms with van der Waals surface area (Å²) < 4.78 is 7.30. The van der Waals surface area contributed by atoms with Crippen LogP contribution in [0.15, 0.2) is 49.2 Å². The second kappa shape index (κ2) is 6.46. The molecule has 3 aromatic heterocycles. The van der Waals surface area contributed by atoms with E-state index < -0.39 is 0 Å². The first-order valence-electron chi connectivity index (χ1n) is 7.53. The molecule has 0 aliphatic rings. The quantitative estimate of drug-likeness (QED) is 0.559. The molecule has 1 aromatic carbocycles. The molecule has 7 heteroatoms. The molecule has 0 amide bonds. The van der Waals surface area contributed by atoms with Gasteiger partial charge in [0.1, 0.15) is 27.4 Å². The van der Waals surface area contributed by atoms with Gasteiger partial charge in [0, 0.05) is 19.2 Å². The average Bonchev–Trinajstić information content (AvgIpc) is 3.24. The molecule has 0 aliphatic heterocycles. The molecule has 4 rings (SSSR count). The lowest BCUT2D eigenvalue weighted by Crippen LogP contribution is -2.04. The molecule has 24 heavy (non-hydrogen) atoms. The van der Waals surface area contributed by atoms with E-state index in [1.165, 1.54) is 0 Å². The Labute approximate surface area is 142 Å². The fourth-order valence-corrected chi connectivity index (χ4v) is 3.50. The van der Waals surface area contributed by atoms with Crippen molar-refractivity contribution in [3.8, 4) is 22.0 Å². The fourth-order valence-electron chi connectivity index (χ4n) is 2.56. The van der Waals surface area contributed by atoms with Crippen molar-refractivity contribution in [2.75, 3.05) is 13.7 Å². The molecule has 0 unspecified atom stereocenters. The highest BCUT2D eigenvalue weighted by Gasteiger charge is 2.18. The third-order valence-corrected chi connectivity index (χ3v) is 4.68. The van der Waals surface area contributed by atoms with Gasteiger partial charge in [0.15, 0.2) is 0 Å². The fraction of sp³-hybridized carbons (Fsp3) is 0.176. The van der Waals surface area contributed by atoms with E-state index >= 15 is 0 Å². The van der Waals surface area contributed by atoms with Crippen LogP contribution in [-0.2, 0) is 11.3 Å². The van der Waals surface area contributed by atoms with Gasteiger partial charge in [-0.1, -0.05) is 41.7 Å². The summed E-state index contributed by atoms with van der Waals surface area (Å²) in [6.07, 6.45) is 5.12. The number of fused-ring (bicyclic) bond motifs is 1. The second-order valence-electron chi connectivity index (χ2n) is 5.23. The van der Waals surface area contributed by atoms with Crippen LogP contribution in [-0.4, -0.2) is 38.2 Å². The monoisotopic (exact) mass is 337 g/mol. The zero-order valence-electron chi connectivity index (χ0n) is 13.1. The molecule has 0 radical (unpaired) electrons. The molecular weight excluding hydrogens is 322 g/mol. The first-order chi connectivity index (χ1) is 11.9. The van der Waals surface area contributed by atoms with Crippen LogP contribution in [0.2, 0.25) is 0 Å². The van der Waals surface area contributed by atoms with Gasteiger partial charge in [-0.3, -0.25) is 0 Å². The van der Waals surface area contributed by atoms with E-state index in [1.807, 2.05) is 24.5 Å². The van der Waals surface area contributed by atoms with Crippen LogP contribution in [0.4, 0.5) is 0 Å². The van der Waals surface area contributed by atoms with E-state index in [1.54, 1.807) is 31.0 Å². The summed E-state index contributed by atoms with van der Waals surface area (Å²) in [7, 11) is 1.70. The Kier molecular flexibility index (Phi) is 4.02. The topological polar surface area (TPSA) is 65.7 Å². The molecular formula is C17H15N5OS. The van der Waals surface area contributed by atoms with E-state index in [-0.39, 0.29) is 0 Å². The lowest BCUT2D eigenvalue weighted by atomic mass is 10.1. The van der Waals surface area contributed by atoms with Gasteiger partial charge in [0.25, 0.3) is 0 Å². The molecule has 6 nitrogen and oxygen atoms in total. The zero-order valence-corrected chi connectivity index (χ0v) is 13.9. The Bertz CT molecular complexity index is 930. The highest BCUT2D eigenvalue weighted by atomic mass is 32.1. The smallest absolute Gasteiger partial charge is 0.147 e. The third-order valence-electron chi connectivity index (χ3n) is 3.70. The normalized spacial score (nSPS) is 11.2. The number of hydrogen-bond donors (Lipinski definition) is 0. The van der Waals surface area contributed by atoms with Crippen molar-refractivity contribution in [2.24, 2.45) is 0 Å². The molecule has 0 N–H and O–H groups in total. The number of ether oxygens (including phenoxy) is 1. The van der Waals surface area contributed by atoms with Crippen LogP contribution in [0.3, 0.4) is 0 Å². The van der Waals surface area contributed by atoms with Gasteiger partial charge >= 0.3 is 0 Å². The van der Waals surface area contributed by atoms with Gasteiger partial charge in [-0.25, -0.2) is 19.9 Å². The van der Waals surface area contributed by atoms with E-state index in [2.05, 4.69) is 31.7 Å². The number of imidazole rings is 1. The first-order valence-corrected chi connectivity index (χ1v) is 8.35. The minimum atomic E-state index is 0.613. The molecule has 0 saturated carbocycles. The van der Waals surface area contributed by atoms with Crippen molar-refractivity contribution in [3.63, 3.8) is 0 Å². The zero-order chi connectivity index (χ0) is 16.4. The van der Waals surface area contributed by atoms with Crippen LogP contribution < -0.4 is 0 Å². The van der Waals surface area contributed by atoms with Gasteiger partial charge in [0.05, 0.1) is 24.8 Å². The minimum Gasteiger partial charge on any atom is -0.383 e. The maximum Gasteiger partial charge on any atom is 0.147 e. The molecule has 4 aromatic rings. The number of rotatable bonds is 5. The summed E-state index contributed by atoms with van der Waals surface area (Å²) >= 11 is 1.55. The lowest BCUT2D eigenvalue weighted by molar-refractivity contribution is 0.187. The summed E-state index contributed by atoms with van der Waals surface area (Å²) in [6.45, 7) is 1.33. The van der Waals surface area contributed by atoms with E-state index in [0.717, 1.165) is 32.3 Å². The molecule has 0 fully saturated rings. The van der Waals surface area contributed by atoms with Gasteiger partial charge in [-0.15, -0.1) is 0 Å². The van der Waals surface area contributed by atoms with Crippen LogP contribution in [0, 0.1) is 0 Å². The Hall–Kier alpha value is -2.64. The molecule has 3 heterocycles. The Morgan fingerprint density at radius 2 is 2.04 bits per heavy atom. The minimum absolute atomic E-state index is 0.613. The predicted molar refractivity (Wildman–Crippen MR) is 93.7 cm³/mol. The molecule has 0 bridgehead atoms. The summed E-state index contributed by atoms with van der Waals surface area (Å²) in [4.78, 5) is 18.5. The van der Waals surface area contributed by atoms with Gasteiger partial charge in [-0.05, 0) is 0 Å². The van der Waals surface area contributed by atoms with Crippen molar-refractivity contribution in [1.82, 2.24) is 24.5 Å². The van der Waals surface area contributed by atoms with E-state index in [0.29, 0.717) is 13.2 Å². The number of benzene rings is 1. The molecule has 0 spiro atoms. The molecule has 0 aliphatic carbocycles. The van der Waals surface area contributed by atoms with Crippen LogP contribution in [0.25, 0.3) is 32.3 Å². The summed E-state index contributed by atoms with van der Waals surface area (Å²) in [5.41, 5.74) is 3.77. The maximum atomic E-state index is 5.22. The van der Waals surface area contributed by atoms with Crippen LogP contribution >= 0.6 is 11.3 Å². The number of aromatic nitrogens is 5. The maximum absolute atomic E-state index is 5.22. The van der Waals surface area contributed by atoms with Crippen molar-refractivity contribution in [3.05, 3.63) is 49.2 Å². The lowest BCUT2D eigenvalue weighted by Gasteiger charge is -2.07. The number of nitrogens with zero attached hydrogens (tertiary/aromatic N) is 5. The SMILES string of the molecule is COCCn1cnc(-c2ccccc2)c1-c1nc2cncnc2s1. The Morgan fingerprint density at radius 3 is 2.83 bits per heavy atom. The van der Waals surface area contributed by atoms with Gasteiger partial charge in [0.2, 0.25) is 0 Å². The van der Waals surface area contributed by atoms with E-state index in [9.17, 15) is 0 Å². The third kappa shape index (κ3) is 2.68. The van der Waals surface area contributed by atoms with Gasteiger partial charge < -0.3 is 9.30 Å². The van der Waals surface area contributed by atoms with Crippen molar-refractivity contribution in [1.29, 1.82) is 0 Å². The van der Waals surface area contributed by atoms with Crippen molar-refractivity contribution < 1.29 is 4.74 Å². The van der Waals surface area contributed by atoms with Crippen molar-refractivity contribution >= 4 is 21.7 Å². The average molecular weight is 337 g/mol. The summed E-state index contributed by atoms with van der Waals surface area (Å²) in [5.74, 6) is 0. The molecule has 0 atom stereocenters. The standard InChI is InChI=1S/C17H15N5OS/c1-23-8-7-22-11-20-14(12-5-3-2-4-6-12)15(22)17-21-13-9-18-10-19-16(13)24-17/h2-6,9-11H,7-8H2,1H3. The van der Waals surface area contributed by atoms with Gasteiger partial charge in [-0.2, -0.15) is 0 Å². The number of thiazole rings is 1.